The second kappa shape index (κ2) is 7.71. The van der Waals surface area contributed by atoms with Crippen LogP contribution in [0.25, 0.3) is 11.1 Å². The maximum absolute atomic E-state index is 13.3. The Hall–Kier alpha value is -3.80. The van der Waals surface area contributed by atoms with Crippen molar-refractivity contribution in [2.24, 2.45) is 0 Å². The molecule has 1 saturated carbocycles. The van der Waals surface area contributed by atoms with Crippen LogP contribution in [0.15, 0.2) is 60.7 Å². The van der Waals surface area contributed by atoms with E-state index in [9.17, 15) is 9.59 Å². The van der Waals surface area contributed by atoms with Crippen molar-refractivity contribution >= 4 is 17.5 Å². The van der Waals surface area contributed by atoms with E-state index >= 15 is 0 Å². The Bertz CT molecular complexity index is 1220. The zero-order valence-corrected chi connectivity index (χ0v) is 18.0. The van der Waals surface area contributed by atoms with Gasteiger partial charge in [-0.15, -0.1) is 0 Å². The second-order valence-corrected chi connectivity index (χ2v) is 8.29. The number of hydrogen-bond acceptors (Lipinski definition) is 4. The van der Waals surface area contributed by atoms with Crippen LogP contribution in [0.5, 0.6) is 11.5 Å². The lowest BCUT2D eigenvalue weighted by atomic mass is 9.94. The molecule has 0 spiro atoms. The molecule has 6 heteroatoms. The second-order valence-electron chi connectivity index (χ2n) is 8.29. The Morgan fingerprint density at radius 3 is 2.41 bits per heavy atom. The first-order valence-corrected chi connectivity index (χ1v) is 10.6. The third-order valence-corrected chi connectivity index (χ3v) is 6.29. The number of benzene rings is 3. The zero-order chi connectivity index (χ0) is 22.3. The van der Waals surface area contributed by atoms with Gasteiger partial charge >= 0.3 is 0 Å². The molecule has 1 aliphatic carbocycles. The van der Waals surface area contributed by atoms with Gasteiger partial charge in [-0.2, -0.15) is 0 Å². The standard InChI is InChI=1S/C26H24N2O4.H2/c1-16-3-9-20(14-21(16)17-4-6-18(7-5-17)24(29)27-2)28-25(30)26(11-12-26)19-8-10-22-23(13-19)32-15-31-22;/h3-10,13-14H,11-12,15H2,1-2H3,(H,27,29)(H,28,30);1H. The molecule has 0 saturated heterocycles. The van der Waals surface area contributed by atoms with Crippen molar-refractivity contribution in [3.63, 3.8) is 0 Å². The van der Waals surface area contributed by atoms with Crippen LogP contribution >= 0.6 is 0 Å². The summed E-state index contributed by atoms with van der Waals surface area (Å²) in [4.78, 5) is 25.1. The first kappa shape index (κ1) is 20.1. The van der Waals surface area contributed by atoms with Crippen molar-refractivity contribution in [1.29, 1.82) is 0 Å². The van der Waals surface area contributed by atoms with Crippen LogP contribution in [0.4, 0.5) is 5.69 Å². The van der Waals surface area contributed by atoms with E-state index < -0.39 is 5.41 Å². The summed E-state index contributed by atoms with van der Waals surface area (Å²) in [7, 11) is 1.61. The van der Waals surface area contributed by atoms with Gasteiger partial charge in [0.25, 0.3) is 5.91 Å². The molecule has 0 atom stereocenters. The summed E-state index contributed by atoms with van der Waals surface area (Å²) in [6.45, 7) is 2.25. The SMILES string of the molecule is CNC(=O)c1ccc(-c2cc(NC(=O)C3(c4ccc5c(c4)OCO5)CC3)ccc2C)cc1.[HH]. The average Bonchev–Trinajstić information content (AvgIpc) is 3.50. The number of aryl methyl sites for hydroxylation is 1. The Morgan fingerprint density at radius 1 is 0.938 bits per heavy atom. The monoisotopic (exact) mass is 430 g/mol. The first-order valence-electron chi connectivity index (χ1n) is 10.6. The predicted octanol–water partition coefficient (Wildman–Crippen LogP) is 4.67. The highest BCUT2D eigenvalue weighted by Crippen LogP contribution is 2.51. The van der Waals surface area contributed by atoms with E-state index in [2.05, 4.69) is 10.6 Å². The molecule has 32 heavy (non-hydrogen) atoms. The number of anilines is 1. The van der Waals surface area contributed by atoms with Crippen LogP contribution in [0.3, 0.4) is 0 Å². The third kappa shape index (κ3) is 3.47. The molecule has 2 N–H and O–H groups in total. The third-order valence-electron chi connectivity index (χ3n) is 6.29. The van der Waals surface area contributed by atoms with E-state index in [-0.39, 0.29) is 20.0 Å². The molecule has 0 radical (unpaired) electrons. The van der Waals surface area contributed by atoms with Crippen molar-refractivity contribution in [3.8, 4) is 22.6 Å². The van der Waals surface area contributed by atoms with E-state index in [1.807, 2.05) is 55.5 Å². The number of ether oxygens (including phenoxy) is 2. The van der Waals surface area contributed by atoms with Crippen LogP contribution in [0.2, 0.25) is 0 Å². The summed E-state index contributed by atoms with van der Waals surface area (Å²) in [5, 5.41) is 5.74. The smallest absolute Gasteiger partial charge is 0.251 e. The lowest BCUT2D eigenvalue weighted by molar-refractivity contribution is -0.118. The molecule has 1 heterocycles. The van der Waals surface area contributed by atoms with Gasteiger partial charge in [0.2, 0.25) is 12.7 Å². The van der Waals surface area contributed by atoms with Gasteiger partial charge < -0.3 is 20.1 Å². The lowest BCUT2D eigenvalue weighted by Gasteiger charge is -2.17. The van der Waals surface area contributed by atoms with E-state index in [4.69, 9.17) is 9.47 Å². The molecule has 164 valence electrons. The molecule has 0 unspecified atom stereocenters. The van der Waals surface area contributed by atoms with Crippen LogP contribution in [-0.2, 0) is 10.2 Å². The van der Waals surface area contributed by atoms with Crippen molar-refractivity contribution in [2.75, 3.05) is 19.2 Å². The number of nitrogens with one attached hydrogen (secondary N) is 2. The molecule has 0 aromatic heterocycles. The van der Waals surface area contributed by atoms with Crippen LogP contribution in [-0.4, -0.2) is 25.7 Å². The van der Waals surface area contributed by atoms with Crippen LogP contribution in [0, 0.1) is 6.92 Å². The van der Waals surface area contributed by atoms with Gasteiger partial charge in [-0.3, -0.25) is 9.59 Å². The average molecular weight is 431 g/mol. The largest absolute Gasteiger partial charge is 0.454 e. The number of hydrogen-bond donors (Lipinski definition) is 2. The van der Waals surface area contributed by atoms with Gasteiger partial charge in [-0.1, -0.05) is 24.3 Å². The fourth-order valence-electron chi connectivity index (χ4n) is 4.17. The molecule has 6 nitrogen and oxygen atoms in total. The molecule has 3 aromatic rings. The Kier molecular flexibility index (Phi) is 4.85. The molecule has 1 fully saturated rings. The number of rotatable bonds is 5. The van der Waals surface area contributed by atoms with E-state index in [0.29, 0.717) is 11.3 Å². The summed E-state index contributed by atoms with van der Waals surface area (Å²) in [6.07, 6.45) is 1.61. The van der Waals surface area contributed by atoms with Crippen molar-refractivity contribution in [2.45, 2.75) is 25.2 Å². The molecule has 2 aliphatic rings. The predicted molar refractivity (Wildman–Crippen MR) is 124 cm³/mol. The lowest BCUT2D eigenvalue weighted by Crippen LogP contribution is -2.27. The van der Waals surface area contributed by atoms with Crippen molar-refractivity contribution in [1.82, 2.24) is 5.32 Å². The quantitative estimate of drug-likeness (QED) is 0.617. The summed E-state index contributed by atoms with van der Waals surface area (Å²) in [5.74, 6) is 1.28. The highest BCUT2D eigenvalue weighted by Gasteiger charge is 2.51. The highest BCUT2D eigenvalue weighted by atomic mass is 16.7. The molecular formula is C26H26N2O4. The number of fused-ring (bicyclic) bond motifs is 1. The van der Waals surface area contributed by atoms with E-state index in [0.717, 1.165) is 46.5 Å². The Labute approximate surface area is 188 Å². The fraction of sp³-hybridized carbons (Fsp3) is 0.231. The topological polar surface area (TPSA) is 76.7 Å². The normalized spacial score (nSPS) is 15.2. The maximum Gasteiger partial charge on any atom is 0.251 e. The summed E-state index contributed by atoms with van der Waals surface area (Å²) in [5.41, 5.74) is 4.88. The minimum atomic E-state index is -0.527. The number of amides is 2. The van der Waals surface area contributed by atoms with Gasteiger partial charge in [0, 0.05) is 19.7 Å². The van der Waals surface area contributed by atoms with Gasteiger partial charge in [0.15, 0.2) is 11.5 Å². The molecule has 3 aromatic carbocycles. The van der Waals surface area contributed by atoms with Crippen molar-refractivity contribution in [3.05, 3.63) is 77.4 Å². The van der Waals surface area contributed by atoms with Gasteiger partial charge in [0.1, 0.15) is 0 Å². The summed E-state index contributed by atoms with van der Waals surface area (Å²) >= 11 is 0. The Balaban J connectivity index is 0.00000259. The number of carbonyl (C=O) groups excluding carboxylic acids is 2. The minimum absolute atomic E-state index is 0. The summed E-state index contributed by atoms with van der Waals surface area (Å²) < 4.78 is 10.9. The molecule has 0 bridgehead atoms. The van der Waals surface area contributed by atoms with Gasteiger partial charge in [-0.25, -0.2) is 0 Å². The van der Waals surface area contributed by atoms with Crippen molar-refractivity contribution < 1.29 is 20.5 Å². The minimum Gasteiger partial charge on any atom is -0.454 e. The molecule has 1 aliphatic heterocycles. The zero-order valence-electron chi connectivity index (χ0n) is 18.0. The van der Waals surface area contributed by atoms with Crippen LogP contribution in [0.1, 0.15) is 35.8 Å². The van der Waals surface area contributed by atoms with E-state index in [1.54, 1.807) is 19.2 Å². The summed E-state index contributed by atoms with van der Waals surface area (Å²) in [6, 6.07) is 19.1. The molecule has 2 amide bonds. The van der Waals surface area contributed by atoms with Gasteiger partial charge in [-0.05, 0) is 78.4 Å². The molecular weight excluding hydrogens is 404 g/mol. The van der Waals surface area contributed by atoms with Crippen LogP contribution < -0.4 is 20.1 Å². The maximum atomic E-state index is 13.3. The first-order chi connectivity index (χ1) is 15.5. The Morgan fingerprint density at radius 2 is 1.69 bits per heavy atom. The van der Waals surface area contributed by atoms with E-state index in [1.165, 1.54) is 0 Å². The highest BCUT2D eigenvalue weighted by molar-refractivity contribution is 6.02. The molecule has 5 rings (SSSR count). The van der Waals surface area contributed by atoms with Gasteiger partial charge in [0.05, 0.1) is 5.41 Å². The number of carbonyl (C=O) groups is 2. The fourth-order valence-corrected chi connectivity index (χ4v) is 4.17.